The molecule has 1 aromatic heterocycles. The molecule has 114 valence electrons. The Kier molecular flexibility index (Phi) is 3.31. The van der Waals surface area contributed by atoms with Crippen LogP contribution in [0.3, 0.4) is 0 Å². The summed E-state index contributed by atoms with van der Waals surface area (Å²) in [6.07, 6.45) is 3.66. The van der Waals surface area contributed by atoms with Gasteiger partial charge >= 0.3 is 0 Å². The number of hydrogen-bond donors (Lipinski definition) is 1. The highest BCUT2D eigenvalue weighted by atomic mass is 16.6. The first-order chi connectivity index (χ1) is 11.3. The van der Waals surface area contributed by atoms with Crippen LogP contribution < -0.4 is 15.0 Å². The summed E-state index contributed by atoms with van der Waals surface area (Å²) in [5.74, 6) is 2.01. The average Bonchev–Trinajstić information content (AvgIpc) is 2.60. The molecule has 0 saturated carbocycles. The Bertz CT molecular complexity index is 960. The molecule has 4 rings (SSSR count). The van der Waals surface area contributed by atoms with Gasteiger partial charge in [-0.3, -0.25) is 4.79 Å². The molecule has 0 saturated heterocycles. The van der Waals surface area contributed by atoms with E-state index in [0.717, 1.165) is 17.1 Å². The summed E-state index contributed by atoms with van der Waals surface area (Å²) >= 11 is 0. The molecule has 1 aliphatic rings. The van der Waals surface area contributed by atoms with E-state index >= 15 is 0 Å². The minimum Gasteiger partial charge on any atom is -0.486 e. The van der Waals surface area contributed by atoms with Crippen LogP contribution in [0.2, 0.25) is 0 Å². The van der Waals surface area contributed by atoms with Gasteiger partial charge in [-0.05, 0) is 35.9 Å². The molecule has 0 amide bonds. The van der Waals surface area contributed by atoms with Crippen molar-refractivity contribution in [1.82, 2.24) is 9.97 Å². The van der Waals surface area contributed by atoms with Crippen molar-refractivity contribution in [2.45, 2.75) is 0 Å². The fraction of sp³-hybridized carbons (Fsp3) is 0.111. The number of hydrogen-bond acceptors (Lipinski definition) is 4. The Morgan fingerprint density at radius 2 is 1.83 bits per heavy atom. The quantitative estimate of drug-likeness (QED) is 0.790. The lowest BCUT2D eigenvalue weighted by atomic mass is 10.1. The van der Waals surface area contributed by atoms with Gasteiger partial charge in [0.05, 0.1) is 10.9 Å². The minimum atomic E-state index is -0.141. The third kappa shape index (κ3) is 2.68. The summed E-state index contributed by atoms with van der Waals surface area (Å²) in [7, 11) is 0. The van der Waals surface area contributed by atoms with Crippen molar-refractivity contribution in [1.29, 1.82) is 0 Å². The molecule has 5 nitrogen and oxygen atoms in total. The summed E-state index contributed by atoms with van der Waals surface area (Å²) in [5, 5.41) is 0.587. The fourth-order valence-corrected chi connectivity index (χ4v) is 2.52. The van der Waals surface area contributed by atoms with E-state index in [1.54, 1.807) is 12.1 Å². The zero-order chi connectivity index (χ0) is 15.6. The maximum atomic E-state index is 12.0. The molecule has 0 aliphatic carbocycles. The molecule has 3 aromatic rings. The largest absolute Gasteiger partial charge is 0.486 e. The van der Waals surface area contributed by atoms with Crippen molar-refractivity contribution in [3.63, 3.8) is 0 Å². The SMILES string of the molecule is O=c1[nH]c(/C=C/c2ccc3c(c2)OCCO3)nc2ccccc12. The molecule has 1 N–H and O–H groups in total. The number of H-pyrrole nitrogens is 1. The molecule has 0 unspecified atom stereocenters. The summed E-state index contributed by atoms with van der Waals surface area (Å²) in [6, 6.07) is 13.0. The van der Waals surface area contributed by atoms with Crippen LogP contribution >= 0.6 is 0 Å². The molecular formula is C18H14N2O3. The van der Waals surface area contributed by atoms with Gasteiger partial charge in [-0.1, -0.05) is 24.3 Å². The molecule has 1 aliphatic heterocycles. The normalized spacial score (nSPS) is 13.6. The van der Waals surface area contributed by atoms with Crippen LogP contribution in [-0.2, 0) is 0 Å². The monoisotopic (exact) mass is 306 g/mol. The number of benzene rings is 2. The van der Waals surface area contributed by atoms with Crippen LogP contribution in [0.15, 0.2) is 47.3 Å². The van der Waals surface area contributed by atoms with Gasteiger partial charge < -0.3 is 14.5 Å². The van der Waals surface area contributed by atoms with Crippen molar-refractivity contribution in [2.24, 2.45) is 0 Å². The highest BCUT2D eigenvalue weighted by molar-refractivity contribution is 5.79. The molecule has 2 aromatic carbocycles. The molecule has 0 spiro atoms. The third-order valence-electron chi connectivity index (χ3n) is 3.63. The summed E-state index contributed by atoms with van der Waals surface area (Å²) in [5.41, 5.74) is 1.49. The van der Waals surface area contributed by atoms with E-state index in [0.29, 0.717) is 29.9 Å². The second-order valence-electron chi connectivity index (χ2n) is 5.20. The molecule has 2 heterocycles. The van der Waals surface area contributed by atoms with Gasteiger partial charge in [0.2, 0.25) is 0 Å². The zero-order valence-corrected chi connectivity index (χ0v) is 12.3. The van der Waals surface area contributed by atoms with Crippen molar-refractivity contribution in [2.75, 3.05) is 13.2 Å². The molecule has 23 heavy (non-hydrogen) atoms. The van der Waals surface area contributed by atoms with E-state index < -0.39 is 0 Å². The number of nitrogens with one attached hydrogen (secondary N) is 1. The van der Waals surface area contributed by atoms with E-state index in [9.17, 15) is 4.79 Å². The second kappa shape index (κ2) is 5.61. The van der Waals surface area contributed by atoms with Crippen molar-refractivity contribution < 1.29 is 9.47 Å². The van der Waals surface area contributed by atoms with Gasteiger partial charge in [-0.15, -0.1) is 0 Å². The molecule has 0 atom stereocenters. The lowest BCUT2D eigenvalue weighted by Crippen LogP contribution is -2.15. The molecule has 5 heteroatoms. The van der Waals surface area contributed by atoms with Gasteiger partial charge in [-0.2, -0.15) is 0 Å². The first-order valence-electron chi connectivity index (χ1n) is 7.36. The van der Waals surface area contributed by atoms with Crippen molar-refractivity contribution in [3.05, 3.63) is 64.2 Å². The van der Waals surface area contributed by atoms with Gasteiger partial charge in [0, 0.05) is 0 Å². The van der Waals surface area contributed by atoms with E-state index in [4.69, 9.17) is 9.47 Å². The van der Waals surface area contributed by atoms with Gasteiger partial charge in [-0.25, -0.2) is 4.98 Å². The predicted molar refractivity (Wildman–Crippen MR) is 88.7 cm³/mol. The average molecular weight is 306 g/mol. The van der Waals surface area contributed by atoms with E-state index in [1.165, 1.54) is 0 Å². The van der Waals surface area contributed by atoms with Crippen LogP contribution in [0.25, 0.3) is 23.1 Å². The standard InChI is InChI=1S/C18H14N2O3/c21-18-13-3-1-2-4-14(13)19-17(20-18)8-6-12-5-7-15-16(11-12)23-10-9-22-15/h1-8,11H,9-10H2,(H,19,20,21)/b8-6+. The first kappa shape index (κ1) is 13.6. The van der Waals surface area contributed by atoms with Crippen LogP contribution in [0, 0.1) is 0 Å². The summed E-state index contributed by atoms with van der Waals surface area (Å²) in [4.78, 5) is 19.3. The van der Waals surface area contributed by atoms with Crippen molar-refractivity contribution in [3.8, 4) is 11.5 Å². The number of ether oxygens (including phenoxy) is 2. The predicted octanol–water partition coefficient (Wildman–Crippen LogP) is 2.86. The first-order valence-corrected chi connectivity index (χ1v) is 7.36. The highest BCUT2D eigenvalue weighted by Gasteiger charge is 2.10. The molecule has 0 radical (unpaired) electrons. The lowest BCUT2D eigenvalue weighted by molar-refractivity contribution is 0.171. The van der Waals surface area contributed by atoms with Gasteiger partial charge in [0.25, 0.3) is 5.56 Å². The lowest BCUT2D eigenvalue weighted by Gasteiger charge is -2.18. The second-order valence-corrected chi connectivity index (χ2v) is 5.20. The Morgan fingerprint density at radius 3 is 2.74 bits per heavy atom. The van der Waals surface area contributed by atoms with Gasteiger partial charge in [0.1, 0.15) is 19.0 Å². The van der Waals surface area contributed by atoms with E-state index in [-0.39, 0.29) is 5.56 Å². The Balaban J connectivity index is 1.67. The Morgan fingerprint density at radius 1 is 1.00 bits per heavy atom. The van der Waals surface area contributed by atoms with Crippen LogP contribution in [0.1, 0.15) is 11.4 Å². The molecule has 0 fully saturated rings. The number of aromatic amines is 1. The fourth-order valence-electron chi connectivity index (χ4n) is 2.52. The third-order valence-corrected chi connectivity index (χ3v) is 3.63. The van der Waals surface area contributed by atoms with Crippen LogP contribution in [-0.4, -0.2) is 23.2 Å². The minimum absolute atomic E-state index is 0.141. The van der Waals surface area contributed by atoms with Crippen LogP contribution in [0.5, 0.6) is 11.5 Å². The zero-order valence-electron chi connectivity index (χ0n) is 12.3. The number of para-hydroxylation sites is 1. The summed E-state index contributed by atoms with van der Waals surface area (Å²) < 4.78 is 11.1. The smallest absolute Gasteiger partial charge is 0.259 e. The number of aromatic nitrogens is 2. The Labute approximate surface area is 132 Å². The summed E-state index contributed by atoms with van der Waals surface area (Å²) in [6.45, 7) is 1.13. The number of rotatable bonds is 2. The number of nitrogens with zero attached hydrogens (tertiary/aromatic N) is 1. The number of fused-ring (bicyclic) bond motifs is 2. The van der Waals surface area contributed by atoms with E-state index in [2.05, 4.69) is 9.97 Å². The molecular weight excluding hydrogens is 292 g/mol. The Hall–Kier alpha value is -3.08. The maximum Gasteiger partial charge on any atom is 0.259 e. The maximum absolute atomic E-state index is 12.0. The topological polar surface area (TPSA) is 64.2 Å². The highest BCUT2D eigenvalue weighted by Crippen LogP contribution is 2.31. The molecule has 0 bridgehead atoms. The van der Waals surface area contributed by atoms with Crippen LogP contribution in [0.4, 0.5) is 0 Å². The van der Waals surface area contributed by atoms with Crippen molar-refractivity contribution >= 4 is 23.1 Å². The van der Waals surface area contributed by atoms with Gasteiger partial charge in [0.15, 0.2) is 11.5 Å². The van der Waals surface area contributed by atoms with E-state index in [1.807, 2.05) is 42.5 Å².